The van der Waals surface area contributed by atoms with Crippen molar-refractivity contribution in [3.63, 3.8) is 0 Å². The minimum atomic E-state index is 0.215. The Balaban J connectivity index is 2.63. The maximum absolute atomic E-state index is 5.71. The van der Waals surface area contributed by atoms with Crippen molar-refractivity contribution in [2.24, 2.45) is 5.73 Å². The van der Waals surface area contributed by atoms with Gasteiger partial charge in [0.2, 0.25) is 0 Å². The molecule has 0 aliphatic carbocycles. The summed E-state index contributed by atoms with van der Waals surface area (Å²) in [6, 6.07) is 0.215. The van der Waals surface area contributed by atoms with Crippen LogP contribution >= 0.6 is 11.3 Å². The second-order valence-electron chi connectivity index (χ2n) is 3.67. The zero-order valence-electron chi connectivity index (χ0n) is 8.58. The molecule has 2 unspecified atom stereocenters. The SMILES string of the molecule is CCC(C)c1nc(CC(C)N)cs1. The van der Waals surface area contributed by atoms with E-state index in [9.17, 15) is 0 Å². The first-order chi connectivity index (χ1) is 6.13. The second-order valence-corrected chi connectivity index (χ2v) is 4.56. The molecule has 0 aromatic carbocycles. The molecule has 0 saturated heterocycles. The Hall–Kier alpha value is -0.410. The van der Waals surface area contributed by atoms with E-state index in [1.807, 2.05) is 6.92 Å². The monoisotopic (exact) mass is 198 g/mol. The Morgan fingerprint density at radius 3 is 2.77 bits per heavy atom. The van der Waals surface area contributed by atoms with Gasteiger partial charge in [-0.3, -0.25) is 0 Å². The van der Waals surface area contributed by atoms with Crippen molar-refractivity contribution >= 4 is 11.3 Å². The first-order valence-corrected chi connectivity index (χ1v) is 5.71. The fourth-order valence-corrected chi connectivity index (χ4v) is 2.12. The first kappa shape index (κ1) is 10.7. The molecular weight excluding hydrogens is 180 g/mol. The lowest BCUT2D eigenvalue weighted by Gasteiger charge is -2.03. The van der Waals surface area contributed by atoms with Crippen molar-refractivity contribution in [1.82, 2.24) is 4.98 Å². The predicted octanol–water partition coefficient (Wildman–Crippen LogP) is 2.55. The Kier molecular flexibility index (Phi) is 3.88. The van der Waals surface area contributed by atoms with Gasteiger partial charge in [0.1, 0.15) is 0 Å². The summed E-state index contributed by atoms with van der Waals surface area (Å²) in [7, 11) is 0. The highest BCUT2D eigenvalue weighted by atomic mass is 32.1. The molecule has 0 saturated carbocycles. The van der Waals surface area contributed by atoms with E-state index in [-0.39, 0.29) is 6.04 Å². The Morgan fingerprint density at radius 1 is 1.54 bits per heavy atom. The van der Waals surface area contributed by atoms with Gasteiger partial charge in [-0.2, -0.15) is 0 Å². The summed E-state index contributed by atoms with van der Waals surface area (Å²) < 4.78 is 0. The predicted molar refractivity (Wildman–Crippen MR) is 58.2 cm³/mol. The zero-order valence-corrected chi connectivity index (χ0v) is 9.40. The van der Waals surface area contributed by atoms with Crippen LogP contribution in [0.25, 0.3) is 0 Å². The fourth-order valence-electron chi connectivity index (χ4n) is 1.15. The summed E-state index contributed by atoms with van der Waals surface area (Å²) in [5.74, 6) is 0.590. The van der Waals surface area contributed by atoms with Crippen LogP contribution in [-0.4, -0.2) is 11.0 Å². The minimum Gasteiger partial charge on any atom is -0.328 e. The van der Waals surface area contributed by atoms with Crippen LogP contribution in [0.15, 0.2) is 5.38 Å². The number of aromatic nitrogens is 1. The third kappa shape index (κ3) is 3.08. The van der Waals surface area contributed by atoms with Gasteiger partial charge in [0.25, 0.3) is 0 Å². The summed E-state index contributed by atoms with van der Waals surface area (Å²) in [6.07, 6.45) is 2.05. The molecule has 3 heteroatoms. The van der Waals surface area contributed by atoms with Gasteiger partial charge in [0.15, 0.2) is 0 Å². The summed E-state index contributed by atoms with van der Waals surface area (Å²) in [6.45, 7) is 6.42. The standard InChI is InChI=1S/C10H18N2S/c1-4-7(2)10-12-9(6-13-10)5-8(3)11/h6-8H,4-5,11H2,1-3H3. The van der Waals surface area contributed by atoms with E-state index in [1.165, 1.54) is 5.01 Å². The van der Waals surface area contributed by atoms with E-state index in [4.69, 9.17) is 5.73 Å². The third-order valence-corrected chi connectivity index (χ3v) is 3.26. The fraction of sp³-hybridized carbons (Fsp3) is 0.700. The molecule has 0 amide bonds. The number of rotatable bonds is 4. The van der Waals surface area contributed by atoms with Crippen LogP contribution in [0.4, 0.5) is 0 Å². The van der Waals surface area contributed by atoms with E-state index in [2.05, 4.69) is 24.2 Å². The van der Waals surface area contributed by atoms with E-state index in [0.29, 0.717) is 5.92 Å². The molecule has 2 atom stereocenters. The molecule has 74 valence electrons. The normalized spacial score (nSPS) is 15.7. The molecule has 0 spiro atoms. The van der Waals surface area contributed by atoms with Gasteiger partial charge in [-0.15, -0.1) is 11.3 Å². The largest absolute Gasteiger partial charge is 0.328 e. The quantitative estimate of drug-likeness (QED) is 0.807. The summed E-state index contributed by atoms with van der Waals surface area (Å²) >= 11 is 1.76. The molecule has 0 bridgehead atoms. The molecule has 1 aromatic heterocycles. The molecule has 2 N–H and O–H groups in total. The van der Waals surface area contributed by atoms with Crippen molar-refractivity contribution in [1.29, 1.82) is 0 Å². The number of thiazole rings is 1. The van der Waals surface area contributed by atoms with Gasteiger partial charge in [-0.05, 0) is 13.3 Å². The molecule has 0 fully saturated rings. The molecule has 2 nitrogen and oxygen atoms in total. The molecule has 1 heterocycles. The van der Waals surface area contributed by atoms with Crippen LogP contribution in [-0.2, 0) is 6.42 Å². The van der Waals surface area contributed by atoms with Crippen LogP contribution in [0.5, 0.6) is 0 Å². The van der Waals surface area contributed by atoms with Crippen LogP contribution < -0.4 is 5.73 Å². The van der Waals surface area contributed by atoms with Crippen LogP contribution in [0.1, 0.15) is 43.8 Å². The van der Waals surface area contributed by atoms with Gasteiger partial charge >= 0.3 is 0 Å². The molecular formula is C10H18N2S. The van der Waals surface area contributed by atoms with Crippen molar-refractivity contribution < 1.29 is 0 Å². The van der Waals surface area contributed by atoms with Gasteiger partial charge < -0.3 is 5.73 Å². The van der Waals surface area contributed by atoms with E-state index in [1.54, 1.807) is 11.3 Å². The van der Waals surface area contributed by atoms with Gasteiger partial charge in [-0.1, -0.05) is 13.8 Å². The highest BCUT2D eigenvalue weighted by Crippen LogP contribution is 2.22. The lowest BCUT2D eigenvalue weighted by atomic mass is 10.1. The maximum Gasteiger partial charge on any atom is 0.0956 e. The zero-order chi connectivity index (χ0) is 9.84. The van der Waals surface area contributed by atoms with Gasteiger partial charge in [0.05, 0.1) is 10.7 Å². The molecule has 0 radical (unpaired) electrons. The summed E-state index contributed by atoms with van der Waals surface area (Å²) in [5.41, 5.74) is 6.86. The molecule has 1 aromatic rings. The number of nitrogens with two attached hydrogens (primary N) is 1. The lowest BCUT2D eigenvalue weighted by Crippen LogP contribution is -2.17. The summed E-state index contributed by atoms with van der Waals surface area (Å²) in [5, 5.41) is 3.38. The van der Waals surface area contributed by atoms with Crippen LogP contribution in [0, 0.1) is 0 Å². The third-order valence-electron chi connectivity index (χ3n) is 2.13. The van der Waals surface area contributed by atoms with Crippen molar-refractivity contribution in [3.05, 3.63) is 16.1 Å². The van der Waals surface area contributed by atoms with E-state index < -0.39 is 0 Å². The van der Waals surface area contributed by atoms with Crippen molar-refractivity contribution in [3.8, 4) is 0 Å². The second kappa shape index (κ2) is 4.72. The Morgan fingerprint density at radius 2 is 2.23 bits per heavy atom. The van der Waals surface area contributed by atoms with E-state index >= 15 is 0 Å². The Bertz CT molecular complexity index is 255. The number of hydrogen-bond donors (Lipinski definition) is 1. The van der Waals surface area contributed by atoms with Crippen molar-refractivity contribution in [2.75, 3.05) is 0 Å². The van der Waals surface area contributed by atoms with E-state index in [0.717, 1.165) is 18.5 Å². The summed E-state index contributed by atoms with van der Waals surface area (Å²) in [4.78, 5) is 4.56. The average Bonchev–Trinajstić information content (AvgIpc) is 2.50. The topological polar surface area (TPSA) is 38.9 Å². The van der Waals surface area contributed by atoms with Crippen LogP contribution in [0.2, 0.25) is 0 Å². The number of nitrogens with zero attached hydrogens (tertiary/aromatic N) is 1. The number of hydrogen-bond acceptors (Lipinski definition) is 3. The highest BCUT2D eigenvalue weighted by molar-refractivity contribution is 7.09. The molecule has 0 aliphatic rings. The first-order valence-electron chi connectivity index (χ1n) is 4.83. The maximum atomic E-state index is 5.71. The van der Waals surface area contributed by atoms with Crippen LogP contribution in [0.3, 0.4) is 0 Å². The van der Waals surface area contributed by atoms with Gasteiger partial charge in [0, 0.05) is 23.8 Å². The minimum absolute atomic E-state index is 0.215. The van der Waals surface area contributed by atoms with Crippen molar-refractivity contribution in [2.45, 2.75) is 45.6 Å². The Labute approximate surface area is 84.2 Å². The van der Waals surface area contributed by atoms with Gasteiger partial charge in [-0.25, -0.2) is 4.98 Å². The molecule has 0 aliphatic heterocycles. The smallest absolute Gasteiger partial charge is 0.0956 e. The molecule has 1 rings (SSSR count). The lowest BCUT2D eigenvalue weighted by molar-refractivity contribution is 0.698. The highest BCUT2D eigenvalue weighted by Gasteiger charge is 2.08. The molecule has 13 heavy (non-hydrogen) atoms. The average molecular weight is 198 g/mol.